The fourth-order valence-electron chi connectivity index (χ4n) is 3.37. The highest BCUT2D eigenvalue weighted by molar-refractivity contribution is 6.07. The first-order valence-corrected chi connectivity index (χ1v) is 11.0. The molecule has 0 radical (unpaired) electrons. The molecule has 176 valence electrons. The van der Waals surface area contributed by atoms with Crippen LogP contribution >= 0.6 is 0 Å². The van der Waals surface area contributed by atoms with Crippen LogP contribution in [0.1, 0.15) is 51.5 Å². The molecule has 0 aliphatic rings. The molecule has 9 nitrogen and oxygen atoms in total. The smallest absolute Gasteiger partial charge is 0.291 e. The van der Waals surface area contributed by atoms with Crippen molar-refractivity contribution in [2.24, 2.45) is 7.05 Å². The maximum Gasteiger partial charge on any atom is 0.291 e. The minimum atomic E-state index is -0.497. The van der Waals surface area contributed by atoms with Gasteiger partial charge in [-0.3, -0.25) is 14.3 Å². The van der Waals surface area contributed by atoms with Crippen molar-refractivity contribution in [2.45, 2.75) is 32.9 Å². The molecule has 0 aliphatic carbocycles. The van der Waals surface area contributed by atoms with E-state index < -0.39 is 11.8 Å². The van der Waals surface area contributed by atoms with Gasteiger partial charge in [0.25, 0.3) is 11.8 Å². The Morgan fingerprint density at radius 2 is 1.88 bits per heavy atom. The zero-order chi connectivity index (χ0) is 23.9. The van der Waals surface area contributed by atoms with E-state index in [1.807, 2.05) is 24.3 Å². The molecule has 4 rings (SSSR count). The Morgan fingerprint density at radius 3 is 2.62 bits per heavy atom. The van der Waals surface area contributed by atoms with Crippen LogP contribution < -0.4 is 15.4 Å². The Labute approximate surface area is 196 Å². The second-order valence-corrected chi connectivity index (χ2v) is 7.73. The van der Waals surface area contributed by atoms with Gasteiger partial charge in [-0.05, 0) is 48.4 Å². The predicted molar refractivity (Wildman–Crippen MR) is 125 cm³/mol. The number of aromatic nitrogens is 2. The van der Waals surface area contributed by atoms with Gasteiger partial charge < -0.3 is 24.2 Å². The number of hydrogen-bond donors (Lipinski definition) is 2. The van der Waals surface area contributed by atoms with Crippen LogP contribution in [-0.4, -0.2) is 21.6 Å². The van der Waals surface area contributed by atoms with Crippen LogP contribution in [-0.2, 0) is 26.6 Å². The Hall–Kier alpha value is -4.27. The van der Waals surface area contributed by atoms with E-state index >= 15 is 0 Å². The summed E-state index contributed by atoms with van der Waals surface area (Å²) < 4.78 is 18.0. The van der Waals surface area contributed by atoms with Crippen molar-refractivity contribution >= 4 is 17.5 Å². The molecular formula is C25H26N4O5. The number of carbonyl (C=O) groups is 2. The van der Waals surface area contributed by atoms with Gasteiger partial charge in [0.15, 0.2) is 11.5 Å². The highest BCUT2D eigenvalue weighted by Crippen LogP contribution is 2.19. The average Bonchev–Trinajstić information content (AvgIpc) is 3.59. The van der Waals surface area contributed by atoms with Crippen LogP contribution in [0.2, 0.25) is 0 Å². The summed E-state index contributed by atoms with van der Waals surface area (Å²) in [6.07, 6.45) is 5.20. The lowest BCUT2D eigenvalue weighted by atomic mass is 10.1. The average molecular weight is 463 g/mol. The third-order valence-corrected chi connectivity index (χ3v) is 5.02. The van der Waals surface area contributed by atoms with Crippen LogP contribution in [0, 0.1) is 0 Å². The van der Waals surface area contributed by atoms with Gasteiger partial charge in [0, 0.05) is 13.2 Å². The van der Waals surface area contributed by atoms with E-state index in [9.17, 15) is 9.59 Å². The molecular weight excluding hydrogens is 436 g/mol. The molecule has 3 heterocycles. The van der Waals surface area contributed by atoms with Crippen molar-refractivity contribution in [3.63, 3.8) is 0 Å². The second kappa shape index (κ2) is 10.6. The van der Waals surface area contributed by atoms with E-state index in [0.29, 0.717) is 11.5 Å². The second-order valence-electron chi connectivity index (χ2n) is 7.73. The number of rotatable bonds is 10. The molecule has 3 aromatic heterocycles. The molecule has 1 aromatic carbocycles. The Balaban J connectivity index is 1.34. The molecule has 0 bridgehead atoms. The van der Waals surface area contributed by atoms with E-state index in [4.69, 9.17) is 13.6 Å². The van der Waals surface area contributed by atoms with E-state index in [1.165, 1.54) is 16.5 Å². The summed E-state index contributed by atoms with van der Waals surface area (Å²) in [5, 5.41) is 9.55. The van der Waals surface area contributed by atoms with Gasteiger partial charge in [0.2, 0.25) is 0 Å². The summed E-state index contributed by atoms with van der Waals surface area (Å²) in [7, 11) is 1.66. The summed E-state index contributed by atoms with van der Waals surface area (Å²) in [5.41, 5.74) is 1.62. The summed E-state index contributed by atoms with van der Waals surface area (Å²) in [5.74, 6) is 1.00. The summed E-state index contributed by atoms with van der Waals surface area (Å²) in [6, 6.07) is 14.6. The van der Waals surface area contributed by atoms with E-state index in [0.717, 1.165) is 18.6 Å². The molecule has 2 amide bonds. The molecule has 0 spiro atoms. The SMILES string of the molecule is CCCc1ccc(OCc2ccc(C(=O)Nc3cn(C)nc3C(=O)NCc3ccco3)o2)cc1. The molecule has 4 aromatic rings. The molecule has 9 heteroatoms. The van der Waals surface area contributed by atoms with Gasteiger partial charge in [0.1, 0.15) is 23.9 Å². The van der Waals surface area contributed by atoms with Crippen LogP contribution in [0.3, 0.4) is 0 Å². The largest absolute Gasteiger partial charge is 0.486 e. The number of hydrogen-bond acceptors (Lipinski definition) is 6. The molecule has 0 unspecified atom stereocenters. The molecule has 2 N–H and O–H groups in total. The number of anilines is 1. The van der Waals surface area contributed by atoms with Crippen molar-refractivity contribution in [1.82, 2.24) is 15.1 Å². The van der Waals surface area contributed by atoms with Crippen molar-refractivity contribution < 1.29 is 23.2 Å². The van der Waals surface area contributed by atoms with E-state index in [2.05, 4.69) is 22.7 Å². The van der Waals surface area contributed by atoms with Gasteiger partial charge in [-0.25, -0.2) is 0 Å². The maximum atomic E-state index is 12.7. The third-order valence-electron chi connectivity index (χ3n) is 5.02. The maximum absolute atomic E-state index is 12.7. The quantitative estimate of drug-likeness (QED) is 0.363. The normalized spacial score (nSPS) is 10.8. The molecule has 0 fully saturated rings. The highest BCUT2D eigenvalue weighted by atomic mass is 16.5. The lowest BCUT2D eigenvalue weighted by molar-refractivity contribution is 0.0943. The first kappa shape index (κ1) is 22.9. The van der Waals surface area contributed by atoms with Crippen LogP contribution in [0.5, 0.6) is 5.75 Å². The number of carbonyl (C=O) groups excluding carboxylic acids is 2. The number of nitrogens with one attached hydrogen (secondary N) is 2. The van der Waals surface area contributed by atoms with E-state index in [-0.39, 0.29) is 30.3 Å². The molecule has 0 saturated carbocycles. The number of ether oxygens (including phenoxy) is 1. The Kier molecular flexibility index (Phi) is 7.12. The number of amides is 2. The zero-order valence-electron chi connectivity index (χ0n) is 19.0. The van der Waals surface area contributed by atoms with Crippen molar-refractivity contribution in [3.8, 4) is 5.75 Å². The molecule has 0 saturated heterocycles. The van der Waals surface area contributed by atoms with Gasteiger partial charge in [-0.15, -0.1) is 0 Å². The topological polar surface area (TPSA) is 112 Å². The standard InChI is InChI=1S/C25H26N4O5/c1-3-5-17-7-9-18(10-8-17)33-16-20-11-12-22(34-20)24(30)27-21-15-29(2)28-23(21)25(31)26-14-19-6-4-13-32-19/h4,6-13,15H,3,5,14,16H2,1-2H3,(H,26,31)(H,27,30). The predicted octanol–water partition coefficient (Wildman–Crippen LogP) is 4.32. The number of furan rings is 2. The molecule has 34 heavy (non-hydrogen) atoms. The van der Waals surface area contributed by atoms with E-state index in [1.54, 1.807) is 37.5 Å². The number of nitrogens with zero attached hydrogens (tertiary/aromatic N) is 2. The van der Waals surface area contributed by atoms with Crippen LogP contribution in [0.25, 0.3) is 0 Å². The van der Waals surface area contributed by atoms with Crippen molar-refractivity contribution in [3.05, 3.63) is 89.5 Å². The monoisotopic (exact) mass is 462 g/mol. The number of benzene rings is 1. The third kappa shape index (κ3) is 5.74. The lowest BCUT2D eigenvalue weighted by Crippen LogP contribution is -2.25. The van der Waals surface area contributed by atoms with Gasteiger partial charge in [-0.2, -0.15) is 5.10 Å². The summed E-state index contributed by atoms with van der Waals surface area (Å²) in [4.78, 5) is 25.3. The Bertz CT molecular complexity index is 1240. The highest BCUT2D eigenvalue weighted by Gasteiger charge is 2.20. The zero-order valence-corrected chi connectivity index (χ0v) is 19.0. The minimum Gasteiger partial charge on any atom is -0.486 e. The number of aryl methyl sites for hydroxylation is 2. The molecule has 0 atom stereocenters. The van der Waals surface area contributed by atoms with Crippen molar-refractivity contribution in [2.75, 3.05) is 5.32 Å². The summed E-state index contributed by atoms with van der Waals surface area (Å²) >= 11 is 0. The van der Waals surface area contributed by atoms with Gasteiger partial charge >= 0.3 is 0 Å². The molecule has 0 aliphatic heterocycles. The summed E-state index contributed by atoms with van der Waals surface area (Å²) in [6.45, 7) is 2.54. The van der Waals surface area contributed by atoms with Crippen molar-refractivity contribution in [1.29, 1.82) is 0 Å². The Morgan fingerprint density at radius 1 is 1.06 bits per heavy atom. The van der Waals surface area contributed by atoms with Crippen LogP contribution in [0.4, 0.5) is 5.69 Å². The lowest BCUT2D eigenvalue weighted by Gasteiger charge is -2.06. The fraction of sp³-hybridized carbons (Fsp3) is 0.240. The first-order valence-electron chi connectivity index (χ1n) is 11.0. The van der Waals surface area contributed by atoms with Crippen LogP contribution in [0.15, 0.2) is 69.8 Å². The fourth-order valence-corrected chi connectivity index (χ4v) is 3.37. The van der Waals surface area contributed by atoms with Gasteiger partial charge in [-0.1, -0.05) is 25.5 Å². The minimum absolute atomic E-state index is 0.0871. The van der Waals surface area contributed by atoms with Gasteiger partial charge in [0.05, 0.1) is 18.5 Å². The first-order chi connectivity index (χ1) is 16.5.